The van der Waals surface area contributed by atoms with Crippen LogP contribution < -0.4 is 5.32 Å². The molecule has 0 aromatic carbocycles. The van der Waals surface area contributed by atoms with Crippen LogP contribution in [0.4, 0.5) is 5.82 Å². The molecule has 0 radical (unpaired) electrons. The molecule has 0 aliphatic heterocycles. The van der Waals surface area contributed by atoms with Crippen LogP contribution in [0.25, 0.3) is 0 Å². The molecule has 1 fully saturated rings. The quantitative estimate of drug-likeness (QED) is 0.860. The molecule has 2 atom stereocenters. The van der Waals surface area contributed by atoms with Crippen molar-refractivity contribution in [1.82, 2.24) is 9.97 Å². The standard InChI is InChI=1S/C12H18ClN3/c1-8-3-9(2)5-10(4-8)16-12-11(13)6-14-7-15-12/h6-10H,3-5H2,1-2H3,(H,14,15,16). The Morgan fingerprint density at radius 3 is 2.56 bits per heavy atom. The van der Waals surface area contributed by atoms with Crippen molar-refractivity contribution in [3.05, 3.63) is 17.5 Å². The van der Waals surface area contributed by atoms with Gasteiger partial charge in [0.05, 0.1) is 6.20 Å². The highest BCUT2D eigenvalue weighted by atomic mass is 35.5. The number of rotatable bonds is 2. The average molecular weight is 240 g/mol. The topological polar surface area (TPSA) is 37.8 Å². The Hall–Kier alpha value is -0.830. The minimum absolute atomic E-state index is 0.492. The van der Waals surface area contributed by atoms with Gasteiger partial charge in [0.1, 0.15) is 17.2 Å². The van der Waals surface area contributed by atoms with Crippen LogP contribution in [0.1, 0.15) is 33.1 Å². The summed E-state index contributed by atoms with van der Waals surface area (Å²) in [4.78, 5) is 8.05. The molecule has 1 heterocycles. The second-order valence-corrected chi connectivity index (χ2v) is 5.39. The number of nitrogens with one attached hydrogen (secondary N) is 1. The molecule has 4 heteroatoms. The second-order valence-electron chi connectivity index (χ2n) is 4.98. The molecule has 1 aromatic rings. The second kappa shape index (κ2) is 5.00. The molecule has 88 valence electrons. The van der Waals surface area contributed by atoms with Crippen LogP contribution >= 0.6 is 11.6 Å². The van der Waals surface area contributed by atoms with E-state index in [4.69, 9.17) is 11.6 Å². The van der Waals surface area contributed by atoms with E-state index in [9.17, 15) is 0 Å². The molecule has 16 heavy (non-hydrogen) atoms. The molecule has 1 N–H and O–H groups in total. The first-order valence-electron chi connectivity index (χ1n) is 5.87. The summed E-state index contributed by atoms with van der Waals surface area (Å²) in [6, 6.07) is 0.492. The van der Waals surface area contributed by atoms with Crippen LogP contribution in [0.3, 0.4) is 0 Å². The van der Waals surface area contributed by atoms with Gasteiger partial charge in [-0.3, -0.25) is 0 Å². The third-order valence-corrected chi connectivity index (χ3v) is 3.46. The molecular weight excluding hydrogens is 222 g/mol. The summed E-state index contributed by atoms with van der Waals surface area (Å²) in [5.74, 6) is 2.33. The van der Waals surface area contributed by atoms with Gasteiger partial charge in [0.15, 0.2) is 0 Å². The van der Waals surface area contributed by atoms with Crippen LogP contribution in [0, 0.1) is 11.8 Å². The van der Waals surface area contributed by atoms with Crippen molar-refractivity contribution in [1.29, 1.82) is 0 Å². The first-order valence-corrected chi connectivity index (χ1v) is 6.25. The highest BCUT2D eigenvalue weighted by Crippen LogP contribution is 2.31. The maximum atomic E-state index is 6.03. The number of nitrogens with zero attached hydrogens (tertiary/aromatic N) is 2. The van der Waals surface area contributed by atoms with Crippen LogP contribution in [-0.2, 0) is 0 Å². The summed E-state index contributed by atoms with van der Waals surface area (Å²) in [6.07, 6.45) is 6.89. The van der Waals surface area contributed by atoms with Crippen molar-refractivity contribution < 1.29 is 0 Å². The minimum atomic E-state index is 0.492. The Morgan fingerprint density at radius 1 is 1.25 bits per heavy atom. The molecule has 0 spiro atoms. The molecule has 0 saturated heterocycles. The van der Waals surface area contributed by atoms with Crippen molar-refractivity contribution in [2.24, 2.45) is 11.8 Å². The van der Waals surface area contributed by atoms with Gasteiger partial charge < -0.3 is 5.32 Å². The lowest BCUT2D eigenvalue weighted by Gasteiger charge is -2.32. The minimum Gasteiger partial charge on any atom is -0.366 e. The lowest BCUT2D eigenvalue weighted by molar-refractivity contribution is 0.280. The predicted octanol–water partition coefficient (Wildman–Crippen LogP) is 3.37. The van der Waals surface area contributed by atoms with Gasteiger partial charge in [-0.15, -0.1) is 0 Å². The van der Waals surface area contributed by atoms with Gasteiger partial charge >= 0.3 is 0 Å². The van der Waals surface area contributed by atoms with E-state index >= 15 is 0 Å². The fourth-order valence-electron chi connectivity index (χ4n) is 2.68. The zero-order valence-corrected chi connectivity index (χ0v) is 10.5. The molecule has 2 unspecified atom stereocenters. The summed E-state index contributed by atoms with van der Waals surface area (Å²) in [5, 5.41) is 4.03. The van der Waals surface area contributed by atoms with E-state index in [2.05, 4.69) is 29.1 Å². The van der Waals surface area contributed by atoms with E-state index < -0.39 is 0 Å². The van der Waals surface area contributed by atoms with Gasteiger partial charge in [-0.05, 0) is 31.1 Å². The molecule has 0 amide bonds. The zero-order valence-electron chi connectivity index (χ0n) is 9.78. The van der Waals surface area contributed by atoms with Crippen molar-refractivity contribution in [2.45, 2.75) is 39.2 Å². The Morgan fingerprint density at radius 2 is 1.94 bits per heavy atom. The van der Waals surface area contributed by atoms with Gasteiger partial charge in [-0.2, -0.15) is 0 Å². The first kappa shape index (κ1) is 11.6. The van der Waals surface area contributed by atoms with Crippen LogP contribution in [0.15, 0.2) is 12.5 Å². The molecule has 2 rings (SSSR count). The lowest BCUT2D eigenvalue weighted by atomic mass is 9.80. The summed E-state index contributed by atoms with van der Waals surface area (Å²) >= 11 is 6.03. The van der Waals surface area contributed by atoms with Gasteiger partial charge in [0, 0.05) is 6.04 Å². The maximum absolute atomic E-state index is 6.03. The number of anilines is 1. The summed E-state index contributed by atoms with van der Waals surface area (Å²) in [5.41, 5.74) is 0. The van der Waals surface area contributed by atoms with Crippen molar-refractivity contribution in [3.8, 4) is 0 Å². The summed E-state index contributed by atoms with van der Waals surface area (Å²) < 4.78 is 0. The third kappa shape index (κ3) is 2.85. The average Bonchev–Trinajstić information content (AvgIpc) is 2.20. The lowest BCUT2D eigenvalue weighted by Crippen LogP contribution is -2.30. The predicted molar refractivity (Wildman–Crippen MR) is 66.6 cm³/mol. The Balaban J connectivity index is 2.02. The Bertz CT molecular complexity index is 346. The van der Waals surface area contributed by atoms with E-state index in [1.165, 1.54) is 25.6 Å². The van der Waals surface area contributed by atoms with Crippen LogP contribution in [0.2, 0.25) is 5.02 Å². The van der Waals surface area contributed by atoms with Crippen LogP contribution in [0.5, 0.6) is 0 Å². The number of halogens is 1. The molecular formula is C12H18ClN3. The van der Waals surface area contributed by atoms with Gasteiger partial charge in [0.25, 0.3) is 0 Å². The van der Waals surface area contributed by atoms with Crippen molar-refractivity contribution in [2.75, 3.05) is 5.32 Å². The summed E-state index contributed by atoms with van der Waals surface area (Å²) in [6.45, 7) is 4.62. The van der Waals surface area contributed by atoms with E-state index in [0.717, 1.165) is 17.7 Å². The molecule has 0 bridgehead atoms. The third-order valence-electron chi connectivity index (χ3n) is 3.19. The molecule has 1 aromatic heterocycles. The molecule has 1 aliphatic rings. The van der Waals surface area contributed by atoms with E-state index in [1.54, 1.807) is 6.20 Å². The number of hydrogen-bond donors (Lipinski definition) is 1. The highest BCUT2D eigenvalue weighted by Gasteiger charge is 2.24. The van der Waals surface area contributed by atoms with Crippen LogP contribution in [-0.4, -0.2) is 16.0 Å². The van der Waals surface area contributed by atoms with E-state index in [1.807, 2.05) is 0 Å². The molecule has 1 aliphatic carbocycles. The monoisotopic (exact) mass is 239 g/mol. The maximum Gasteiger partial charge on any atom is 0.148 e. The summed E-state index contributed by atoms with van der Waals surface area (Å²) in [7, 11) is 0. The SMILES string of the molecule is CC1CC(C)CC(Nc2ncncc2Cl)C1. The van der Waals surface area contributed by atoms with Gasteiger partial charge in [-0.1, -0.05) is 25.4 Å². The molecule has 3 nitrogen and oxygen atoms in total. The fraction of sp³-hybridized carbons (Fsp3) is 0.667. The number of hydrogen-bond acceptors (Lipinski definition) is 3. The van der Waals surface area contributed by atoms with Crippen molar-refractivity contribution >= 4 is 17.4 Å². The van der Waals surface area contributed by atoms with E-state index in [0.29, 0.717) is 11.1 Å². The van der Waals surface area contributed by atoms with Crippen molar-refractivity contribution in [3.63, 3.8) is 0 Å². The smallest absolute Gasteiger partial charge is 0.148 e. The zero-order chi connectivity index (χ0) is 11.5. The normalized spacial score (nSPS) is 30.1. The fourth-order valence-corrected chi connectivity index (χ4v) is 2.84. The van der Waals surface area contributed by atoms with Gasteiger partial charge in [-0.25, -0.2) is 9.97 Å². The largest absolute Gasteiger partial charge is 0.366 e. The van der Waals surface area contributed by atoms with E-state index in [-0.39, 0.29) is 0 Å². The first-order chi connectivity index (χ1) is 7.65. The Labute approximate surface area is 102 Å². The molecule has 1 saturated carbocycles. The highest BCUT2D eigenvalue weighted by molar-refractivity contribution is 6.32. The number of aromatic nitrogens is 2. The Kier molecular flexibility index (Phi) is 3.64. The van der Waals surface area contributed by atoms with Gasteiger partial charge in [0.2, 0.25) is 0 Å².